The maximum Gasteiger partial charge on any atom is 0.0707 e. The van der Waals surface area contributed by atoms with E-state index in [0.717, 1.165) is 19.0 Å². The molecule has 0 aromatic rings. The van der Waals surface area contributed by atoms with E-state index in [1.165, 1.54) is 32.4 Å². The highest BCUT2D eigenvalue weighted by Gasteiger charge is 2.28. The van der Waals surface area contributed by atoms with Gasteiger partial charge < -0.3 is 15.4 Å². The molecule has 2 rings (SSSR count). The summed E-state index contributed by atoms with van der Waals surface area (Å²) in [5.41, 5.74) is 5.65. The van der Waals surface area contributed by atoms with E-state index in [2.05, 4.69) is 23.9 Å². The zero-order valence-electron chi connectivity index (χ0n) is 11.3. The van der Waals surface area contributed by atoms with Gasteiger partial charge in [0, 0.05) is 25.7 Å². The van der Waals surface area contributed by atoms with E-state index in [4.69, 9.17) is 10.5 Å². The number of likely N-dealkylation sites (tertiary alicyclic amines) is 1. The first-order valence-electron chi connectivity index (χ1n) is 6.93. The van der Waals surface area contributed by atoms with Gasteiger partial charge in [0.1, 0.15) is 0 Å². The van der Waals surface area contributed by atoms with Crippen molar-refractivity contribution in [3.63, 3.8) is 0 Å². The van der Waals surface area contributed by atoms with Gasteiger partial charge in [-0.1, -0.05) is 0 Å². The smallest absolute Gasteiger partial charge is 0.0707 e. The number of ether oxygens (including phenoxy) is 1. The summed E-state index contributed by atoms with van der Waals surface area (Å²) < 4.78 is 5.93. The van der Waals surface area contributed by atoms with E-state index in [1.807, 2.05) is 0 Å². The van der Waals surface area contributed by atoms with Crippen LogP contribution in [0.15, 0.2) is 0 Å². The molecule has 2 fully saturated rings. The molecular weight excluding hydrogens is 214 g/mol. The van der Waals surface area contributed by atoms with Crippen LogP contribution >= 0.6 is 0 Å². The van der Waals surface area contributed by atoms with E-state index in [1.54, 1.807) is 0 Å². The molecule has 17 heavy (non-hydrogen) atoms. The molecule has 100 valence electrons. The normalized spacial score (nSPS) is 35.6. The van der Waals surface area contributed by atoms with Gasteiger partial charge in [0.05, 0.1) is 12.2 Å². The number of likely N-dealkylation sites (N-methyl/N-ethyl adjacent to an activating group) is 1. The van der Waals surface area contributed by atoms with Crippen molar-refractivity contribution in [1.82, 2.24) is 9.80 Å². The number of hydrogen-bond donors (Lipinski definition) is 1. The number of hydrogen-bond acceptors (Lipinski definition) is 4. The third-order valence-electron chi connectivity index (χ3n) is 4.13. The van der Waals surface area contributed by atoms with Gasteiger partial charge in [0.15, 0.2) is 0 Å². The van der Waals surface area contributed by atoms with Crippen LogP contribution in [0.4, 0.5) is 0 Å². The molecule has 2 aliphatic rings. The summed E-state index contributed by atoms with van der Waals surface area (Å²) in [6.45, 7) is 4.20. The molecule has 2 N–H and O–H groups in total. The Labute approximate surface area is 105 Å². The second-order valence-electron chi connectivity index (χ2n) is 5.71. The minimum absolute atomic E-state index is 0.314. The Morgan fingerprint density at radius 1 is 1.24 bits per heavy atom. The van der Waals surface area contributed by atoms with E-state index >= 15 is 0 Å². The van der Waals surface area contributed by atoms with Gasteiger partial charge in [-0.3, -0.25) is 4.90 Å². The van der Waals surface area contributed by atoms with Crippen molar-refractivity contribution < 1.29 is 4.74 Å². The Morgan fingerprint density at radius 2 is 2.00 bits per heavy atom. The summed E-state index contributed by atoms with van der Waals surface area (Å²) in [6.07, 6.45) is 5.71. The number of piperidine rings is 1. The predicted molar refractivity (Wildman–Crippen MR) is 70.1 cm³/mol. The molecule has 2 heterocycles. The largest absolute Gasteiger partial charge is 0.372 e. The summed E-state index contributed by atoms with van der Waals surface area (Å²) in [7, 11) is 4.37. The highest BCUT2D eigenvalue weighted by atomic mass is 16.5. The van der Waals surface area contributed by atoms with Crippen LogP contribution < -0.4 is 5.73 Å². The minimum atomic E-state index is 0.314. The molecule has 2 saturated heterocycles. The fraction of sp³-hybridized carbons (Fsp3) is 1.00. The number of nitrogens with zero attached hydrogens (tertiary/aromatic N) is 2. The zero-order chi connectivity index (χ0) is 12.3. The van der Waals surface area contributed by atoms with Gasteiger partial charge >= 0.3 is 0 Å². The molecular formula is C13H27N3O. The highest BCUT2D eigenvalue weighted by Crippen LogP contribution is 2.22. The maximum absolute atomic E-state index is 5.93. The molecule has 0 aromatic heterocycles. The second kappa shape index (κ2) is 6.14. The predicted octanol–water partition coefficient (Wildman–Crippen LogP) is 0.519. The van der Waals surface area contributed by atoms with Crippen molar-refractivity contribution in [3.05, 3.63) is 0 Å². The average molecular weight is 241 g/mol. The van der Waals surface area contributed by atoms with Gasteiger partial charge in [-0.05, 0) is 46.3 Å². The molecule has 0 bridgehead atoms. The van der Waals surface area contributed by atoms with Crippen LogP contribution in [0.25, 0.3) is 0 Å². The SMILES string of the molecule is CN(C)C1CCCN(C[C@@H]2CC[C@H](CN)O2)C1. The molecule has 2 aliphatic heterocycles. The zero-order valence-corrected chi connectivity index (χ0v) is 11.3. The minimum Gasteiger partial charge on any atom is -0.372 e. The van der Waals surface area contributed by atoms with E-state index in [0.29, 0.717) is 18.8 Å². The monoisotopic (exact) mass is 241 g/mol. The first-order chi connectivity index (χ1) is 8.19. The molecule has 3 atom stereocenters. The highest BCUT2D eigenvalue weighted by molar-refractivity contribution is 4.82. The van der Waals surface area contributed by atoms with Gasteiger partial charge in [0.2, 0.25) is 0 Å². The lowest BCUT2D eigenvalue weighted by Gasteiger charge is -2.37. The van der Waals surface area contributed by atoms with Crippen molar-refractivity contribution in [3.8, 4) is 0 Å². The van der Waals surface area contributed by atoms with Crippen molar-refractivity contribution >= 4 is 0 Å². The molecule has 0 aliphatic carbocycles. The Balaban J connectivity index is 1.75. The van der Waals surface area contributed by atoms with Crippen molar-refractivity contribution in [2.24, 2.45) is 5.73 Å². The second-order valence-corrected chi connectivity index (χ2v) is 5.71. The maximum atomic E-state index is 5.93. The van der Waals surface area contributed by atoms with Crippen LogP contribution in [0.5, 0.6) is 0 Å². The lowest BCUT2D eigenvalue weighted by atomic mass is 10.0. The fourth-order valence-corrected chi connectivity index (χ4v) is 2.99. The first kappa shape index (κ1) is 13.3. The summed E-state index contributed by atoms with van der Waals surface area (Å²) in [6, 6.07) is 0.718. The standard InChI is InChI=1S/C13H27N3O/c1-15(2)11-4-3-7-16(9-11)10-13-6-5-12(8-14)17-13/h11-13H,3-10,14H2,1-2H3/t11?,12-,13+/m1/s1. The lowest BCUT2D eigenvalue weighted by Crippen LogP contribution is -2.47. The van der Waals surface area contributed by atoms with Gasteiger partial charge in [0.25, 0.3) is 0 Å². The van der Waals surface area contributed by atoms with Crippen molar-refractivity contribution in [2.75, 3.05) is 40.3 Å². The van der Waals surface area contributed by atoms with E-state index < -0.39 is 0 Å². The van der Waals surface area contributed by atoms with Crippen molar-refractivity contribution in [1.29, 1.82) is 0 Å². The number of rotatable bonds is 4. The topological polar surface area (TPSA) is 41.7 Å². The van der Waals surface area contributed by atoms with Crippen LogP contribution in [0, 0.1) is 0 Å². The Hall–Kier alpha value is -0.160. The van der Waals surface area contributed by atoms with E-state index in [-0.39, 0.29) is 0 Å². The molecule has 4 heteroatoms. The summed E-state index contributed by atoms with van der Waals surface area (Å²) in [5, 5.41) is 0. The third kappa shape index (κ3) is 3.65. The van der Waals surface area contributed by atoms with Gasteiger partial charge in [-0.15, -0.1) is 0 Å². The summed E-state index contributed by atoms with van der Waals surface area (Å²) in [4.78, 5) is 4.92. The van der Waals surface area contributed by atoms with Gasteiger partial charge in [-0.2, -0.15) is 0 Å². The lowest BCUT2D eigenvalue weighted by molar-refractivity contribution is 0.0153. The average Bonchev–Trinajstić information content (AvgIpc) is 2.77. The van der Waals surface area contributed by atoms with Crippen molar-refractivity contribution in [2.45, 2.75) is 43.9 Å². The third-order valence-corrected chi connectivity index (χ3v) is 4.13. The fourth-order valence-electron chi connectivity index (χ4n) is 2.99. The molecule has 0 amide bonds. The molecule has 0 aromatic carbocycles. The van der Waals surface area contributed by atoms with Crippen LogP contribution in [0.1, 0.15) is 25.7 Å². The van der Waals surface area contributed by atoms with Gasteiger partial charge in [-0.25, -0.2) is 0 Å². The molecule has 0 radical (unpaired) electrons. The van der Waals surface area contributed by atoms with Crippen LogP contribution in [-0.4, -0.2) is 68.3 Å². The van der Waals surface area contributed by atoms with Crippen LogP contribution in [0.3, 0.4) is 0 Å². The Morgan fingerprint density at radius 3 is 2.65 bits per heavy atom. The number of nitrogens with two attached hydrogens (primary N) is 1. The quantitative estimate of drug-likeness (QED) is 0.779. The van der Waals surface area contributed by atoms with E-state index in [9.17, 15) is 0 Å². The summed E-state index contributed by atoms with van der Waals surface area (Å²) in [5.74, 6) is 0. The van der Waals surface area contributed by atoms with Crippen LogP contribution in [0.2, 0.25) is 0 Å². The first-order valence-corrected chi connectivity index (χ1v) is 6.93. The Kier molecular flexibility index (Phi) is 4.79. The summed E-state index contributed by atoms with van der Waals surface area (Å²) >= 11 is 0. The molecule has 0 spiro atoms. The Bertz CT molecular complexity index is 235. The molecule has 0 saturated carbocycles. The molecule has 1 unspecified atom stereocenters. The van der Waals surface area contributed by atoms with Crippen LogP contribution in [-0.2, 0) is 4.74 Å². The molecule has 4 nitrogen and oxygen atoms in total.